The minimum Gasteiger partial charge on any atom is -0.496 e. The maximum Gasteiger partial charge on any atom is 0.261 e. The number of methoxy groups -OCH3 is 1. The molecule has 6 nitrogen and oxygen atoms in total. The van der Waals surface area contributed by atoms with E-state index in [2.05, 4.69) is 10.5 Å². The average Bonchev–Trinajstić information content (AvgIpc) is 2.86. The van der Waals surface area contributed by atoms with Crippen LogP contribution in [0.3, 0.4) is 0 Å². The number of ether oxygens (including phenoxy) is 1. The fraction of sp³-hybridized carbons (Fsp3) is 0.455. The van der Waals surface area contributed by atoms with Gasteiger partial charge in [-0.1, -0.05) is 12.1 Å². The molecule has 0 saturated heterocycles. The number of carbonyl (C=O) groups is 1. The van der Waals surface area contributed by atoms with Gasteiger partial charge in [-0.05, 0) is 6.42 Å². The number of hydrogen-bond acceptors (Lipinski definition) is 5. The van der Waals surface area contributed by atoms with Crippen molar-refractivity contribution in [3.8, 4) is 5.75 Å². The van der Waals surface area contributed by atoms with Crippen LogP contribution < -0.4 is 15.8 Å². The molecule has 1 unspecified atom stereocenters. The van der Waals surface area contributed by atoms with Crippen molar-refractivity contribution >= 4 is 23.1 Å². The zero-order valence-corrected chi connectivity index (χ0v) is 11.2. The van der Waals surface area contributed by atoms with E-state index >= 15 is 0 Å². The molecule has 0 aliphatic carbocycles. The lowest BCUT2D eigenvalue weighted by Crippen LogP contribution is -2.37. The second kappa shape index (κ2) is 6.85. The molecule has 0 saturated carbocycles. The van der Waals surface area contributed by atoms with E-state index in [9.17, 15) is 4.79 Å². The molecule has 0 bridgehead atoms. The third-order valence-corrected chi connectivity index (χ3v) is 3.35. The normalized spacial score (nSPS) is 13.1. The summed E-state index contributed by atoms with van der Waals surface area (Å²) in [5.74, 6) is 0.585. The van der Waals surface area contributed by atoms with E-state index in [0.29, 0.717) is 23.5 Å². The van der Waals surface area contributed by atoms with Crippen LogP contribution in [0, 0.1) is 0 Å². The van der Waals surface area contributed by atoms with Gasteiger partial charge >= 0.3 is 0 Å². The van der Waals surface area contributed by atoms with Crippen LogP contribution in [0.25, 0.3) is 0 Å². The van der Waals surface area contributed by atoms with Crippen molar-refractivity contribution in [2.45, 2.75) is 25.8 Å². The van der Waals surface area contributed by atoms with E-state index < -0.39 is 0 Å². The van der Waals surface area contributed by atoms with Crippen LogP contribution >= 0.6 is 11.3 Å². The number of amides is 1. The third-order valence-electron chi connectivity index (χ3n) is 2.45. The Morgan fingerprint density at radius 1 is 1.72 bits per heavy atom. The van der Waals surface area contributed by atoms with Gasteiger partial charge in [-0.25, -0.2) is 0 Å². The van der Waals surface area contributed by atoms with E-state index in [4.69, 9.17) is 15.7 Å². The molecule has 0 aliphatic rings. The molecule has 1 atom stereocenters. The van der Waals surface area contributed by atoms with Gasteiger partial charge in [-0.2, -0.15) is 0 Å². The fourth-order valence-corrected chi connectivity index (χ4v) is 2.15. The first-order valence-corrected chi connectivity index (χ1v) is 6.38. The fourth-order valence-electron chi connectivity index (χ4n) is 1.39. The highest BCUT2D eigenvalue weighted by atomic mass is 32.1. The highest BCUT2D eigenvalue weighted by Gasteiger charge is 2.15. The zero-order chi connectivity index (χ0) is 13.5. The zero-order valence-electron chi connectivity index (χ0n) is 10.3. The lowest BCUT2D eigenvalue weighted by molar-refractivity contribution is 0.0941. The molecule has 100 valence electrons. The molecule has 0 aliphatic heterocycles. The van der Waals surface area contributed by atoms with E-state index in [1.807, 2.05) is 6.92 Å². The Morgan fingerprint density at radius 3 is 2.94 bits per heavy atom. The molecule has 18 heavy (non-hydrogen) atoms. The largest absolute Gasteiger partial charge is 0.496 e. The van der Waals surface area contributed by atoms with Crippen molar-refractivity contribution in [2.24, 2.45) is 10.9 Å². The van der Waals surface area contributed by atoms with Crippen LogP contribution in [-0.4, -0.2) is 30.1 Å². The summed E-state index contributed by atoms with van der Waals surface area (Å²) in [7, 11) is 1.55. The summed E-state index contributed by atoms with van der Waals surface area (Å²) < 4.78 is 5.02. The molecular formula is C11H17N3O3S. The summed E-state index contributed by atoms with van der Waals surface area (Å²) in [6.07, 6.45) is 1.02. The first-order valence-electron chi connectivity index (χ1n) is 5.50. The van der Waals surface area contributed by atoms with Crippen molar-refractivity contribution in [1.82, 2.24) is 5.32 Å². The van der Waals surface area contributed by atoms with Gasteiger partial charge in [0.15, 0.2) is 0 Å². The first-order chi connectivity index (χ1) is 8.60. The van der Waals surface area contributed by atoms with Gasteiger partial charge < -0.3 is 21.0 Å². The standard InChI is InChI=1S/C11H17N3O3S/c1-3-7(4-10(12)14-16)13-11(15)9-5-8(17-2)6-18-9/h5-7,16H,3-4H2,1-2H3,(H2,12,14)(H,13,15). The van der Waals surface area contributed by atoms with Crippen LogP contribution in [0.5, 0.6) is 5.75 Å². The Balaban J connectivity index is 2.61. The van der Waals surface area contributed by atoms with E-state index in [-0.39, 0.29) is 17.8 Å². The predicted octanol–water partition coefficient (Wildman–Crippen LogP) is 1.40. The third kappa shape index (κ3) is 3.92. The number of rotatable bonds is 6. The highest BCUT2D eigenvalue weighted by molar-refractivity contribution is 7.12. The molecule has 0 aromatic carbocycles. The molecular weight excluding hydrogens is 254 g/mol. The van der Waals surface area contributed by atoms with Gasteiger partial charge in [0.2, 0.25) is 0 Å². The van der Waals surface area contributed by atoms with Crippen molar-refractivity contribution < 1.29 is 14.7 Å². The number of nitrogens with two attached hydrogens (primary N) is 1. The van der Waals surface area contributed by atoms with Crippen molar-refractivity contribution in [3.63, 3.8) is 0 Å². The van der Waals surface area contributed by atoms with Gasteiger partial charge in [0, 0.05) is 23.9 Å². The van der Waals surface area contributed by atoms with Crippen molar-refractivity contribution in [3.05, 3.63) is 16.3 Å². The summed E-state index contributed by atoms with van der Waals surface area (Å²) in [6.45, 7) is 1.92. The lowest BCUT2D eigenvalue weighted by atomic mass is 10.1. The van der Waals surface area contributed by atoms with Crippen molar-refractivity contribution in [2.75, 3.05) is 7.11 Å². The molecule has 4 N–H and O–H groups in total. The van der Waals surface area contributed by atoms with Crippen LogP contribution in [-0.2, 0) is 0 Å². The molecule has 0 radical (unpaired) electrons. The second-order valence-electron chi connectivity index (χ2n) is 3.72. The molecule has 1 amide bonds. The van der Waals surface area contributed by atoms with Crippen LogP contribution in [0.1, 0.15) is 29.4 Å². The Labute approximate surface area is 109 Å². The van der Waals surface area contributed by atoms with Crippen LogP contribution in [0.2, 0.25) is 0 Å². The summed E-state index contributed by atoms with van der Waals surface area (Å²) in [4.78, 5) is 12.5. The van der Waals surface area contributed by atoms with Crippen LogP contribution in [0.4, 0.5) is 0 Å². The summed E-state index contributed by atoms with van der Waals surface area (Å²) >= 11 is 1.31. The Hall–Kier alpha value is -1.76. The number of hydrogen-bond donors (Lipinski definition) is 3. The number of amidine groups is 1. The number of nitrogens with zero attached hydrogens (tertiary/aromatic N) is 1. The molecule has 0 spiro atoms. The minimum atomic E-state index is -0.180. The Bertz CT molecular complexity index is 431. The van der Waals surface area contributed by atoms with E-state index in [0.717, 1.165) is 0 Å². The molecule has 1 aromatic heterocycles. The maximum atomic E-state index is 11.9. The number of thiophene rings is 1. The summed E-state index contributed by atoms with van der Waals surface area (Å²) in [6, 6.07) is 1.53. The Kier molecular flexibility index (Phi) is 5.44. The van der Waals surface area contributed by atoms with Gasteiger partial charge in [0.1, 0.15) is 11.6 Å². The van der Waals surface area contributed by atoms with Gasteiger partial charge in [0.05, 0.1) is 12.0 Å². The maximum absolute atomic E-state index is 11.9. The summed E-state index contributed by atoms with van der Waals surface area (Å²) in [5.41, 5.74) is 5.42. The highest BCUT2D eigenvalue weighted by Crippen LogP contribution is 2.21. The topological polar surface area (TPSA) is 96.9 Å². The van der Waals surface area contributed by atoms with Gasteiger partial charge in [0.25, 0.3) is 5.91 Å². The monoisotopic (exact) mass is 271 g/mol. The number of oxime groups is 1. The predicted molar refractivity (Wildman–Crippen MR) is 70.4 cm³/mol. The average molecular weight is 271 g/mol. The SMILES string of the molecule is CCC(CC(N)=NO)NC(=O)c1cc(OC)cs1. The van der Waals surface area contributed by atoms with Crippen LogP contribution in [0.15, 0.2) is 16.6 Å². The molecule has 1 aromatic rings. The lowest BCUT2D eigenvalue weighted by Gasteiger charge is -2.15. The smallest absolute Gasteiger partial charge is 0.261 e. The summed E-state index contributed by atoms with van der Waals surface area (Å²) in [5, 5.41) is 16.0. The number of nitrogens with one attached hydrogen (secondary N) is 1. The second-order valence-corrected chi connectivity index (χ2v) is 4.64. The van der Waals surface area contributed by atoms with E-state index in [1.165, 1.54) is 11.3 Å². The van der Waals surface area contributed by atoms with E-state index in [1.54, 1.807) is 18.6 Å². The quantitative estimate of drug-likeness (QED) is 0.315. The van der Waals surface area contributed by atoms with Gasteiger partial charge in [-0.3, -0.25) is 4.79 Å². The van der Waals surface area contributed by atoms with Gasteiger partial charge in [-0.15, -0.1) is 11.3 Å². The minimum absolute atomic E-state index is 0.103. The number of carbonyl (C=O) groups excluding carboxylic acids is 1. The molecule has 7 heteroatoms. The molecule has 1 heterocycles. The first kappa shape index (κ1) is 14.3. The van der Waals surface area contributed by atoms with Crippen molar-refractivity contribution in [1.29, 1.82) is 0 Å². The molecule has 1 rings (SSSR count). The molecule has 0 fully saturated rings. The Morgan fingerprint density at radius 2 is 2.44 bits per heavy atom.